The zero-order valence-electron chi connectivity index (χ0n) is 22.7. The highest BCUT2D eigenvalue weighted by Crippen LogP contribution is 2.49. The van der Waals surface area contributed by atoms with E-state index in [9.17, 15) is 22.8 Å². The van der Waals surface area contributed by atoms with Gasteiger partial charge in [-0.15, -0.1) is 11.8 Å². The standard InChI is InChI=1S/C29H28F4N4O3S/c1-5-23(38)36-16(2)12-35(13-17(36)3)27-20-11-21(29(31,32)33)24(19-9-7-6-8-10-22(19)30)26-25(20)37(28(39)34-27)18(14-40-4)15-41-26/h5-6,8,10-11,16-19H,1,12-15H2,2-4H3/t16-,17+,18-,19?/m0/s1. The second kappa shape index (κ2) is 11.0. The van der Waals surface area contributed by atoms with Gasteiger partial charge in [0.25, 0.3) is 0 Å². The van der Waals surface area contributed by atoms with Crippen LogP contribution in [0.5, 0.6) is 0 Å². The molecule has 4 atom stereocenters. The van der Waals surface area contributed by atoms with Gasteiger partial charge in [0.2, 0.25) is 5.91 Å². The predicted octanol–water partition coefficient (Wildman–Crippen LogP) is 4.83. The summed E-state index contributed by atoms with van der Waals surface area (Å²) in [6, 6.07) is -0.200. The molecule has 216 valence electrons. The maximum Gasteiger partial charge on any atom is 0.416 e. The smallest absolute Gasteiger partial charge is 0.383 e. The number of allylic oxidation sites excluding steroid dienone is 4. The highest BCUT2D eigenvalue weighted by molar-refractivity contribution is 7.99. The molecule has 0 radical (unpaired) electrons. The van der Waals surface area contributed by atoms with Crippen molar-refractivity contribution >= 4 is 34.4 Å². The minimum atomic E-state index is -4.85. The van der Waals surface area contributed by atoms with Crippen LogP contribution in [0.4, 0.5) is 23.4 Å². The fourth-order valence-electron chi connectivity index (χ4n) is 5.92. The van der Waals surface area contributed by atoms with Crippen molar-refractivity contribution in [2.45, 2.75) is 49.0 Å². The van der Waals surface area contributed by atoms with Gasteiger partial charge in [-0.05, 0) is 38.1 Å². The van der Waals surface area contributed by atoms with Crippen LogP contribution in [0.2, 0.25) is 0 Å². The third-order valence-corrected chi connectivity index (χ3v) is 8.76. The summed E-state index contributed by atoms with van der Waals surface area (Å²) < 4.78 is 66.2. The van der Waals surface area contributed by atoms with Crippen molar-refractivity contribution in [2.75, 3.05) is 37.5 Å². The molecule has 0 spiro atoms. The monoisotopic (exact) mass is 588 g/mol. The number of methoxy groups -OCH3 is 1. The van der Waals surface area contributed by atoms with Crippen LogP contribution in [0.15, 0.2) is 52.5 Å². The minimum Gasteiger partial charge on any atom is -0.383 e. The molecule has 5 rings (SSSR count). The molecule has 3 aliphatic rings. The van der Waals surface area contributed by atoms with Crippen LogP contribution in [-0.4, -0.2) is 65.0 Å². The largest absolute Gasteiger partial charge is 0.416 e. The maximum atomic E-state index is 15.2. The molecule has 1 fully saturated rings. The molecule has 1 saturated heterocycles. The molecule has 1 aromatic carbocycles. The lowest BCUT2D eigenvalue weighted by atomic mass is 9.90. The lowest BCUT2D eigenvalue weighted by Crippen LogP contribution is -2.58. The summed E-state index contributed by atoms with van der Waals surface area (Å²) in [5.74, 6) is 3.02. The number of aromatic nitrogens is 2. The Labute approximate surface area is 238 Å². The predicted molar refractivity (Wildman–Crippen MR) is 150 cm³/mol. The van der Waals surface area contributed by atoms with Crippen LogP contribution in [-0.2, 0) is 15.7 Å². The van der Waals surface area contributed by atoms with E-state index in [1.54, 1.807) is 9.80 Å². The Morgan fingerprint density at radius 2 is 2.00 bits per heavy atom. The van der Waals surface area contributed by atoms with Crippen molar-refractivity contribution in [3.8, 4) is 11.8 Å². The van der Waals surface area contributed by atoms with Gasteiger partial charge in [-0.2, -0.15) is 18.2 Å². The number of piperazine rings is 1. The zero-order valence-corrected chi connectivity index (χ0v) is 23.5. The van der Waals surface area contributed by atoms with E-state index in [0.717, 1.165) is 23.9 Å². The number of carbonyl (C=O) groups excluding carboxylic acids is 1. The van der Waals surface area contributed by atoms with E-state index < -0.39 is 35.2 Å². The van der Waals surface area contributed by atoms with E-state index in [1.165, 1.54) is 29.9 Å². The van der Waals surface area contributed by atoms with E-state index in [-0.39, 0.29) is 70.6 Å². The number of rotatable bonds is 5. The van der Waals surface area contributed by atoms with E-state index in [4.69, 9.17) is 4.74 Å². The summed E-state index contributed by atoms with van der Waals surface area (Å²) >= 11 is 1.13. The summed E-state index contributed by atoms with van der Waals surface area (Å²) in [6.45, 7) is 7.80. The quantitative estimate of drug-likeness (QED) is 0.283. The van der Waals surface area contributed by atoms with Crippen LogP contribution < -0.4 is 10.6 Å². The van der Waals surface area contributed by atoms with E-state index in [2.05, 4.69) is 23.4 Å². The Kier molecular flexibility index (Phi) is 7.78. The Balaban J connectivity index is 1.81. The van der Waals surface area contributed by atoms with Crippen LogP contribution in [0, 0.1) is 11.8 Å². The molecule has 2 aromatic rings. The Hall–Kier alpha value is -3.56. The van der Waals surface area contributed by atoms with Gasteiger partial charge in [0.05, 0.1) is 29.6 Å². The molecule has 0 N–H and O–H groups in total. The average molecular weight is 589 g/mol. The third-order valence-electron chi connectivity index (χ3n) is 7.51. The first-order chi connectivity index (χ1) is 19.5. The van der Waals surface area contributed by atoms with Crippen LogP contribution >= 0.6 is 11.8 Å². The second-order valence-electron chi connectivity index (χ2n) is 10.3. The first-order valence-corrected chi connectivity index (χ1v) is 14.0. The van der Waals surface area contributed by atoms with Gasteiger partial charge in [0.15, 0.2) is 0 Å². The lowest BCUT2D eigenvalue weighted by Gasteiger charge is -2.45. The van der Waals surface area contributed by atoms with Crippen molar-refractivity contribution in [3.05, 3.63) is 64.4 Å². The number of amides is 1. The molecule has 1 unspecified atom stereocenters. The summed E-state index contributed by atoms with van der Waals surface area (Å²) in [4.78, 5) is 33.9. The van der Waals surface area contributed by atoms with Gasteiger partial charge in [-0.3, -0.25) is 9.36 Å². The van der Waals surface area contributed by atoms with Gasteiger partial charge in [0.1, 0.15) is 11.6 Å². The number of anilines is 1. The van der Waals surface area contributed by atoms with Gasteiger partial charge in [-0.1, -0.05) is 24.5 Å². The molecular formula is C29H28F4N4O3S. The molecule has 1 aliphatic carbocycles. The molecule has 0 bridgehead atoms. The van der Waals surface area contributed by atoms with Crippen molar-refractivity contribution in [3.63, 3.8) is 0 Å². The Bertz CT molecular complexity index is 1590. The molecule has 3 heterocycles. The Morgan fingerprint density at radius 1 is 1.29 bits per heavy atom. The van der Waals surface area contributed by atoms with Gasteiger partial charge < -0.3 is 14.5 Å². The molecule has 2 aliphatic heterocycles. The minimum absolute atomic E-state index is 0.0900. The molecule has 1 amide bonds. The van der Waals surface area contributed by atoms with Crippen molar-refractivity contribution in [1.29, 1.82) is 0 Å². The van der Waals surface area contributed by atoms with Gasteiger partial charge >= 0.3 is 11.9 Å². The molecule has 7 nitrogen and oxygen atoms in total. The fourth-order valence-corrected chi connectivity index (χ4v) is 7.25. The first kappa shape index (κ1) is 29.0. The average Bonchev–Trinajstić information content (AvgIpc) is 3.13. The van der Waals surface area contributed by atoms with Crippen LogP contribution in [0.25, 0.3) is 10.9 Å². The first-order valence-electron chi connectivity index (χ1n) is 13.0. The SMILES string of the molecule is C=CC(=O)N1[C@H](C)CN(c2nc(=O)n3c4c(c(C5C#CC=CC=C5F)c(C(F)(F)F)cc24)SC[C@@H]3COC)C[C@@H]1C. The van der Waals surface area contributed by atoms with Gasteiger partial charge in [0, 0.05) is 53.9 Å². The number of hydrogen-bond acceptors (Lipinski definition) is 6. The number of nitrogens with zero attached hydrogens (tertiary/aromatic N) is 4. The zero-order chi connectivity index (χ0) is 29.6. The maximum absolute atomic E-state index is 15.2. The van der Waals surface area contributed by atoms with Gasteiger partial charge in [-0.25, -0.2) is 9.18 Å². The van der Waals surface area contributed by atoms with Crippen molar-refractivity contribution < 1.29 is 27.1 Å². The van der Waals surface area contributed by atoms with Crippen LogP contribution in [0.1, 0.15) is 36.9 Å². The number of benzene rings is 1. The molecule has 1 aromatic heterocycles. The number of hydrogen-bond donors (Lipinski definition) is 0. The van der Waals surface area contributed by atoms with Crippen molar-refractivity contribution in [1.82, 2.24) is 14.5 Å². The normalized spacial score (nSPS) is 24.0. The number of alkyl halides is 3. The number of ether oxygens (including phenoxy) is 1. The summed E-state index contributed by atoms with van der Waals surface area (Å²) in [5, 5.41) is 0.121. The highest BCUT2D eigenvalue weighted by atomic mass is 32.2. The third kappa shape index (κ3) is 5.06. The van der Waals surface area contributed by atoms with E-state index >= 15 is 4.39 Å². The number of carbonyl (C=O) groups is 1. The molecule has 12 heteroatoms. The molecular weight excluding hydrogens is 560 g/mol. The van der Waals surface area contributed by atoms with Crippen LogP contribution in [0.3, 0.4) is 0 Å². The molecule has 0 saturated carbocycles. The summed E-state index contributed by atoms with van der Waals surface area (Å²) in [5.41, 5.74) is -1.74. The lowest BCUT2D eigenvalue weighted by molar-refractivity contribution is -0.138. The van der Waals surface area contributed by atoms with Crippen molar-refractivity contribution in [2.24, 2.45) is 0 Å². The number of thioether (sulfide) groups is 1. The summed E-state index contributed by atoms with van der Waals surface area (Å²) in [6.07, 6.45) is 0.187. The molecule has 41 heavy (non-hydrogen) atoms. The topological polar surface area (TPSA) is 67.7 Å². The van der Waals surface area contributed by atoms with E-state index in [0.29, 0.717) is 0 Å². The second-order valence-corrected chi connectivity index (χ2v) is 11.3. The van der Waals surface area contributed by atoms with E-state index in [1.807, 2.05) is 13.8 Å². The number of halogens is 4. The Morgan fingerprint density at radius 3 is 2.63 bits per heavy atom. The fraction of sp³-hybridized carbons (Fsp3) is 0.414. The highest BCUT2D eigenvalue weighted by Gasteiger charge is 2.42. The summed E-state index contributed by atoms with van der Waals surface area (Å²) in [7, 11) is 1.48.